The van der Waals surface area contributed by atoms with Crippen molar-refractivity contribution in [1.29, 1.82) is 0 Å². The predicted octanol–water partition coefficient (Wildman–Crippen LogP) is 5.86. The van der Waals surface area contributed by atoms with E-state index in [1.807, 2.05) is 52.2 Å². The van der Waals surface area contributed by atoms with Crippen LogP contribution in [-0.2, 0) is 4.74 Å². The lowest BCUT2D eigenvalue weighted by molar-refractivity contribution is 0.0240. The molecular formula is C29H34F2N8O2. The van der Waals surface area contributed by atoms with Gasteiger partial charge in [-0.05, 0) is 65.8 Å². The standard InChI is InChI=1S/C29H34F2N8O2/c1-17(2)39-18(3)34-26-21(30)13-19(14-23(26)39)25-22(31)16-33-27(36-25)35-24-8-7-20(15-32-24)37-9-11-38(12-10-37)28(40)41-29(4,5)6/h7-8,13-17H,9-12H2,1-6H3,(H,32,33,35,36). The number of piperazine rings is 1. The van der Waals surface area contributed by atoms with Crippen LogP contribution in [0.25, 0.3) is 22.3 Å². The van der Waals surface area contributed by atoms with E-state index in [2.05, 4.69) is 30.2 Å². The quantitative estimate of drug-likeness (QED) is 0.322. The molecule has 216 valence electrons. The summed E-state index contributed by atoms with van der Waals surface area (Å²) in [5, 5.41) is 3.00. The largest absolute Gasteiger partial charge is 0.444 e. The average molecular weight is 565 g/mol. The van der Waals surface area contributed by atoms with Crippen molar-refractivity contribution in [3.63, 3.8) is 0 Å². The van der Waals surface area contributed by atoms with E-state index in [9.17, 15) is 13.6 Å². The summed E-state index contributed by atoms with van der Waals surface area (Å²) < 4.78 is 37.2. The van der Waals surface area contributed by atoms with E-state index in [0.717, 1.165) is 11.9 Å². The summed E-state index contributed by atoms with van der Waals surface area (Å²) in [6.45, 7) is 13.7. The maximum Gasteiger partial charge on any atom is 0.410 e. The molecule has 1 aromatic carbocycles. The number of carbonyl (C=O) groups excluding carboxylic acids is 1. The molecule has 0 unspecified atom stereocenters. The number of carbonyl (C=O) groups is 1. The first-order valence-electron chi connectivity index (χ1n) is 13.6. The predicted molar refractivity (Wildman–Crippen MR) is 153 cm³/mol. The summed E-state index contributed by atoms with van der Waals surface area (Å²) in [5.74, 6) is 0.0543. The Hall–Kier alpha value is -4.35. The molecule has 10 nitrogen and oxygen atoms in total. The van der Waals surface area contributed by atoms with Crippen LogP contribution in [0.15, 0.2) is 36.7 Å². The molecule has 12 heteroatoms. The molecule has 3 aromatic heterocycles. The first kappa shape index (κ1) is 28.2. The van der Waals surface area contributed by atoms with Crippen molar-refractivity contribution in [3.05, 3.63) is 54.1 Å². The van der Waals surface area contributed by atoms with Crippen LogP contribution in [0.5, 0.6) is 0 Å². The van der Waals surface area contributed by atoms with E-state index in [4.69, 9.17) is 4.74 Å². The molecule has 0 bridgehead atoms. The number of hydrogen-bond donors (Lipinski definition) is 1. The number of fused-ring (bicyclic) bond motifs is 1. The summed E-state index contributed by atoms with van der Waals surface area (Å²) in [6.07, 6.45) is 2.46. The zero-order chi connectivity index (χ0) is 29.5. The third-order valence-electron chi connectivity index (χ3n) is 6.74. The Balaban J connectivity index is 1.30. The summed E-state index contributed by atoms with van der Waals surface area (Å²) >= 11 is 0. The number of aryl methyl sites for hydroxylation is 1. The lowest BCUT2D eigenvalue weighted by Gasteiger charge is -2.36. The van der Waals surface area contributed by atoms with Gasteiger partial charge >= 0.3 is 6.09 Å². The van der Waals surface area contributed by atoms with Gasteiger partial charge in [-0.15, -0.1) is 0 Å². The van der Waals surface area contributed by atoms with Gasteiger partial charge in [0.2, 0.25) is 5.95 Å². The SMILES string of the molecule is Cc1nc2c(F)cc(-c3nc(Nc4ccc(N5CCN(C(=O)OC(C)(C)C)CC5)cn4)ncc3F)cc2n1C(C)C. The lowest BCUT2D eigenvalue weighted by Crippen LogP contribution is -2.50. The number of benzene rings is 1. The normalized spacial score (nSPS) is 14.2. The summed E-state index contributed by atoms with van der Waals surface area (Å²) in [5.41, 5.74) is 1.44. The van der Waals surface area contributed by atoms with Crippen molar-refractivity contribution in [2.45, 2.75) is 53.2 Å². The second-order valence-electron chi connectivity index (χ2n) is 11.3. The lowest BCUT2D eigenvalue weighted by atomic mass is 10.1. The number of amides is 1. The molecule has 0 atom stereocenters. The fraction of sp³-hybridized carbons (Fsp3) is 0.414. The molecule has 4 heterocycles. The summed E-state index contributed by atoms with van der Waals surface area (Å²) in [6, 6.07) is 6.66. The minimum atomic E-state index is -0.671. The van der Waals surface area contributed by atoms with Crippen LogP contribution in [-0.4, -0.2) is 67.3 Å². The van der Waals surface area contributed by atoms with Crippen molar-refractivity contribution in [2.75, 3.05) is 36.4 Å². The molecule has 1 N–H and O–H groups in total. The van der Waals surface area contributed by atoms with Gasteiger partial charge in [0.15, 0.2) is 11.6 Å². The van der Waals surface area contributed by atoms with Crippen molar-refractivity contribution in [2.24, 2.45) is 0 Å². The summed E-state index contributed by atoms with van der Waals surface area (Å²) in [7, 11) is 0. The second-order valence-corrected chi connectivity index (χ2v) is 11.3. The molecule has 0 aliphatic carbocycles. The van der Waals surface area contributed by atoms with Crippen LogP contribution < -0.4 is 10.2 Å². The minimum absolute atomic E-state index is 0.0306. The monoisotopic (exact) mass is 564 g/mol. The smallest absolute Gasteiger partial charge is 0.410 e. The molecule has 1 fully saturated rings. The molecule has 41 heavy (non-hydrogen) atoms. The van der Waals surface area contributed by atoms with E-state index in [1.165, 1.54) is 6.07 Å². The highest BCUT2D eigenvalue weighted by atomic mass is 19.1. The van der Waals surface area contributed by atoms with E-state index < -0.39 is 17.2 Å². The molecule has 1 aliphatic rings. The first-order valence-corrected chi connectivity index (χ1v) is 13.6. The Morgan fingerprint density at radius 3 is 2.37 bits per heavy atom. The van der Waals surface area contributed by atoms with Gasteiger partial charge in [0.1, 0.15) is 28.5 Å². The highest BCUT2D eigenvalue weighted by Crippen LogP contribution is 2.30. The Labute approximate surface area is 237 Å². The van der Waals surface area contributed by atoms with Crippen molar-refractivity contribution >= 4 is 34.6 Å². The fourth-order valence-corrected chi connectivity index (χ4v) is 4.92. The topological polar surface area (TPSA) is 101 Å². The third kappa shape index (κ3) is 6.06. The van der Waals surface area contributed by atoms with Crippen LogP contribution in [0.4, 0.5) is 31.0 Å². The molecule has 1 saturated heterocycles. The molecule has 5 rings (SSSR count). The fourth-order valence-electron chi connectivity index (χ4n) is 4.92. The molecule has 0 saturated carbocycles. The number of aromatic nitrogens is 5. The van der Waals surface area contributed by atoms with Crippen LogP contribution in [0.3, 0.4) is 0 Å². The van der Waals surface area contributed by atoms with Gasteiger partial charge in [-0.25, -0.2) is 33.5 Å². The number of halogens is 2. The molecule has 0 radical (unpaired) electrons. The van der Waals surface area contributed by atoms with Crippen LogP contribution in [0, 0.1) is 18.6 Å². The number of nitrogens with one attached hydrogen (secondary N) is 1. The van der Waals surface area contributed by atoms with Gasteiger partial charge in [-0.3, -0.25) is 0 Å². The highest BCUT2D eigenvalue weighted by molar-refractivity contribution is 5.83. The number of ether oxygens (including phenoxy) is 1. The number of anilines is 3. The minimum Gasteiger partial charge on any atom is -0.444 e. The van der Waals surface area contributed by atoms with Gasteiger partial charge in [0, 0.05) is 37.8 Å². The Morgan fingerprint density at radius 1 is 1.00 bits per heavy atom. The van der Waals surface area contributed by atoms with E-state index in [-0.39, 0.29) is 34.9 Å². The van der Waals surface area contributed by atoms with Gasteiger partial charge < -0.3 is 24.4 Å². The zero-order valence-corrected chi connectivity index (χ0v) is 24.1. The zero-order valence-electron chi connectivity index (χ0n) is 24.1. The summed E-state index contributed by atoms with van der Waals surface area (Å²) in [4.78, 5) is 33.4. The van der Waals surface area contributed by atoms with Gasteiger partial charge in [-0.1, -0.05) is 0 Å². The maximum atomic E-state index is 15.0. The van der Waals surface area contributed by atoms with Crippen LogP contribution in [0.1, 0.15) is 46.5 Å². The van der Waals surface area contributed by atoms with Crippen molar-refractivity contribution in [3.8, 4) is 11.3 Å². The van der Waals surface area contributed by atoms with E-state index in [1.54, 1.807) is 23.2 Å². The van der Waals surface area contributed by atoms with E-state index in [0.29, 0.717) is 43.3 Å². The second kappa shape index (κ2) is 10.9. The highest BCUT2D eigenvalue weighted by Gasteiger charge is 2.26. The van der Waals surface area contributed by atoms with Crippen LogP contribution >= 0.6 is 0 Å². The van der Waals surface area contributed by atoms with Crippen LogP contribution in [0.2, 0.25) is 0 Å². The average Bonchev–Trinajstić information content (AvgIpc) is 3.26. The Bertz CT molecular complexity index is 1570. The first-order chi connectivity index (χ1) is 19.4. The molecule has 0 spiro atoms. The third-order valence-corrected chi connectivity index (χ3v) is 6.74. The molecule has 4 aromatic rings. The van der Waals surface area contributed by atoms with Crippen molar-refractivity contribution < 1.29 is 18.3 Å². The van der Waals surface area contributed by atoms with E-state index >= 15 is 0 Å². The van der Waals surface area contributed by atoms with Gasteiger partial charge in [-0.2, -0.15) is 0 Å². The van der Waals surface area contributed by atoms with Gasteiger partial charge in [0.25, 0.3) is 0 Å². The number of hydrogen-bond acceptors (Lipinski definition) is 8. The number of rotatable bonds is 5. The Kier molecular flexibility index (Phi) is 7.50. The Morgan fingerprint density at radius 2 is 1.73 bits per heavy atom. The molecule has 1 aliphatic heterocycles. The van der Waals surface area contributed by atoms with Crippen molar-refractivity contribution in [1.82, 2.24) is 29.4 Å². The maximum absolute atomic E-state index is 15.0. The molecular weight excluding hydrogens is 530 g/mol. The number of imidazole rings is 1. The molecule has 1 amide bonds. The number of nitrogens with zero attached hydrogens (tertiary/aromatic N) is 7. The van der Waals surface area contributed by atoms with Gasteiger partial charge in [0.05, 0.1) is 23.6 Å². The number of pyridine rings is 1.